The van der Waals surface area contributed by atoms with E-state index in [-0.39, 0.29) is 33.7 Å². The summed E-state index contributed by atoms with van der Waals surface area (Å²) in [5, 5.41) is 11.7. The van der Waals surface area contributed by atoms with Gasteiger partial charge in [0.25, 0.3) is 5.91 Å². The largest absolute Gasteiger partial charge is 0.478 e. The zero-order chi connectivity index (χ0) is 20.2. The second-order valence-electron chi connectivity index (χ2n) is 6.00. The van der Waals surface area contributed by atoms with Crippen molar-refractivity contribution in [3.05, 3.63) is 47.7 Å². The van der Waals surface area contributed by atoms with Crippen LogP contribution in [0.2, 0.25) is 0 Å². The molecule has 2 rings (SSSR count). The SMILES string of the molecule is CCC(C)Oc1cc(C(=O)Nc2cc(C(=O)O)cc(S(C)(=O)=O)c2)ccn1. The van der Waals surface area contributed by atoms with Crippen molar-refractivity contribution in [2.75, 3.05) is 11.6 Å². The number of rotatable bonds is 7. The summed E-state index contributed by atoms with van der Waals surface area (Å²) in [6.45, 7) is 3.83. The van der Waals surface area contributed by atoms with Crippen molar-refractivity contribution in [2.45, 2.75) is 31.3 Å². The van der Waals surface area contributed by atoms with Crippen molar-refractivity contribution in [2.24, 2.45) is 0 Å². The number of carboxylic acids is 1. The maximum Gasteiger partial charge on any atom is 0.335 e. The van der Waals surface area contributed by atoms with Gasteiger partial charge in [0.1, 0.15) is 0 Å². The molecule has 0 fully saturated rings. The normalized spacial score (nSPS) is 12.3. The number of benzene rings is 1. The Kier molecular flexibility index (Phi) is 6.17. The third-order valence-corrected chi connectivity index (χ3v) is 4.83. The molecule has 2 aromatic rings. The van der Waals surface area contributed by atoms with Crippen LogP contribution in [0.25, 0.3) is 0 Å². The number of sulfone groups is 1. The van der Waals surface area contributed by atoms with Gasteiger partial charge in [0.15, 0.2) is 9.84 Å². The molecule has 8 nitrogen and oxygen atoms in total. The van der Waals surface area contributed by atoms with E-state index in [4.69, 9.17) is 9.84 Å². The molecule has 1 atom stereocenters. The second-order valence-corrected chi connectivity index (χ2v) is 8.01. The Morgan fingerprint density at radius 3 is 2.52 bits per heavy atom. The number of hydrogen-bond acceptors (Lipinski definition) is 6. The highest BCUT2D eigenvalue weighted by Crippen LogP contribution is 2.21. The Labute approximate surface area is 157 Å². The molecule has 1 unspecified atom stereocenters. The molecule has 0 saturated carbocycles. The summed E-state index contributed by atoms with van der Waals surface area (Å²) in [7, 11) is -3.65. The predicted octanol–water partition coefficient (Wildman–Crippen LogP) is 2.61. The van der Waals surface area contributed by atoms with E-state index in [0.717, 1.165) is 18.7 Å². The monoisotopic (exact) mass is 392 g/mol. The standard InChI is InChI=1S/C18H20N2O6S/c1-4-11(2)26-16-9-12(5-6-19-16)17(21)20-14-7-13(18(22)23)8-15(10-14)27(3,24)25/h5-11H,4H2,1-3H3,(H,20,21)(H,22,23). The Bertz CT molecular complexity index is 972. The molecule has 1 heterocycles. The predicted molar refractivity (Wildman–Crippen MR) is 99.1 cm³/mol. The third-order valence-electron chi connectivity index (χ3n) is 3.73. The van der Waals surface area contributed by atoms with Gasteiger partial charge in [-0.1, -0.05) is 6.92 Å². The first-order chi connectivity index (χ1) is 12.6. The van der Waals surface area contributed by atoms with E-state index in [2.05, 4.69) is 10.3 Å². The number of ether oxygens (including phenoxy) is 1. The summed E-state index contributed by atoms with van der Waals surface area (Å²) in [4.78, 5) is 27.5. The summed E-state index contributed by atoms with van der Waals surface area (Å²) in [5.74, 6) is -1.56. The summed E-state index contributed by atoms with van der Waals surface area (Å²) in [5.41, 5.74) is 0.0511. The van der Waals surface area contributed by atoms with Gasteiger partial charge in [0.05, 0.1) is 16.6 Å². The first-order valence-corrected chi connectivity index (χ1v) is 10.0. The van der Waals surface area contributed by atoms with E-state index in [9.17, 15) is 18.0 Å². The number of nitrogens with one attached hydrogen (secondary N) is 1. The lowest BCUT2D eigenvalue weighted by Gasteiger charge is -2.12. The lowest BCUT2D eigenvalue weighted by atomic mass is 10.2. The topological polar surface area (TPSA) is 123 Å². The zero-order valence-corrected chi connectivity index (χ0v) is 15.9. The van der Waals surface area contributed by atoms with Crippen molar-refractivity contribution in [3.63, 3.8) is 0 Å². The van der Waals surface area contributed by atoms with E-state index in [1.165, 1.54) is 30.5 Å². The van der Waals surface area contributed by atoms with Crippen LogP contribution in [0, 0.1) is 0 Å². The minimum Gasteiger partial charge on any atom is -0.478 e. The van der Waals surface area contributed by atoms with Crippen LogP contribution in [0.3, 0.4) is 0 Å². The van der Waals surface area contributed by atoms with Crippen LogP contribution >= 0.6 is 0 Å². The molecule has 2 N–H and O–H groups in total. The molecule has 0 aliphatic heterocycles. The maximum absolute atomic E-state index is 12.5. The molecule has 1 aromatic carbocycles. The number of carbonyl (C=O) groups is 2. The van der Waals surface area contributed by atoms with Crippen LogP contribution in [0.1, 0.15) is 41.0 Å². The van der Waals surface area contributed by atoms with Gasteiger partial charge in [-0.05, 0) is 37.6 Å². The quantitative estimate of drug-likeness (QED) is 0.742. The number of aromatic nitrogens is 1. The number of anilines is 1. The third kappa shape index (κ3) is 5.52. The molecule has 27 heavy (non-hydrogen) atoms. The highest BCUT2D eigenvalue weighted by Gasteiger charge is 2.16. The molecular formula is C18H20N2O6S. The first kappa shape index (κ1) is 20.4. The average Bonchev–Trinajstić information content (AvgIpc) is 2.60. The highest BCUT2D eigenvalue weighted by atomic mass is 32.2. The zero-order valence-electron chi connectivity index (χ0n) is 15.1. The number of aromatic carboxylic acids is 1. The first-order valence-electron chi connectivity index (χ1n) is 8.12. The lowest BCUT2D eigenvalue weighted by molar-refractivity contribution is 0.0696. The Hall–Kier alpha value is -2.94. The van der Waals surface area contributed by atoms with Crippen molar-refractivity contribution in [3.8, 4) is 5.88 Å². The minimum absolute atomic E-state index is 0.0570. The van der Waals surface area contributed by atoms with Crippen LogP contribution < -0.4 is 10.1 Å². The summed E-state index contributed by atoms with van der Waals surface area (Å²) in [6, 6.07) is 6.36. The van der Waals surface area contributed by atoms with Crippen LogP contribution in [0.5, 0.6) is 5.88 Å². The summed E-state index contributed by atoms with van der Waals surface area (Å²) < 4.78 is 29.1. The summed E-state index contributed by atoms with van der Waals surface area (Å²) >= 11 is 0. The molecule has 1 aromatic heterocycles. The molecule has 0 aliphatic rings. The van der Waals surface area contributed by atoms with Gasteiger partial charge in [-0.25, -0.2) is 18.2 Å². The molecule has 0 saturated heterocycles. The number of nitrogens with zero attached hydrogens (tertiary/aromatic N) is 1. The van der Waals surface area contributed by atoms with Crippen LogP contribution in [-0.2, 0) is 9.84 Å². The average molecular weight is 392 g/mol. The van der Waals surface area contributed by atoms with E-state index < -0.39 is 21.7 Å². The molecule has 0 spiro atoms. The van der Waals surface area contributed by atoms with Gasteiger partial charge < -0.3 is 15.2 Å². The molecule has 1 amide bonds. The Balaban J connectivity index is 2.31. The van der Waals surface area contributed by atoms with Gasteiger partial charge >= 0.3 is 5.97 Å². The molecule has 0 aliphatic carbocycles. The fourth-order valence-corrected chi connectivity index (χ4v) is 2.80. The van der Waals surface area contributed by atoms with Crippen molar-refractivity contribution in [1.82, 2.24) is 4.98 Å². The minimum atomic E-state index is -3.65. The van der Waals surface area contributed by atoms with E-state index in [1.54, 1.807) is 0 Å². The molecular weight excluding hydrogens is 372 g/mol. The van der Waals surface area contributed by atoms with Gasteiger partial charge in [-0.15, -0.1) is 0 Å². The number of pyridine rings is 1. The number of amides is 1. The maximum atomic E-state index is 12.5. The van der Waals surface area contributed by atoms with Gasteiger partial charge in [0.2, 0.25) is 5.88 Å². The summed E-state index contributed by atoms with van der Waals surface area (Å²) in [6.07, 6.45) is 3.08. The molecule has 144 valence electrons. The van der Waals surface area contributed by atoms with Gasteiger partial charge in [-0.3, -0.25) is 4.79 Å². The Morgan fingerprint density at radius 1 is 1.22 bits per heavy atom. The fraction of sp³-hybridized carbons (Fsp3) is 0.278. The Morgan fingerprint density at radius 2 is 1.93 bits per heavy atom. The second kappa shape index (κ2) is 8.17. The lowest BCUT2D eigenvalue weighted by Crippen LogP contribution is -2.15. The number of hydrogen-bond donors (Lipinski definition) is 2. The van der Waals surface area contributed by atoms with Crippen LogP contribution in [-0.4, -0.2) is 42.7 Å². The van der Waals surface area contributed by atoms with E-state index >= 15 is 0 Å². The van der Waals surface area contributed by atoms with Crippen molar-refractivity contribution in [1.29, 1.82) is 0 Å². The van der Waals surface area contributed by atoms with E-state index in [0.29, 0.717) is 0 Å². The number of carboxylic acid groups (broad SMARTS) is 1. The van der Waals surface area contributed by atoms with Crippen LogP contribution in [0.15, 0.2) is 41.4 Å². The van der Waals surface area contributed by atoms with Gasteiger partial charge in [0, 0.05) is 29.8 Å². The number of carbonyl (C=O) groups excluding carboxylic acids is 1. The van der Waals surface area contributed by atoms with E-state index in [1.807, 2.05) is 13.8 Å². The molecule has 0 radical (unpaired) electrons. The van der Waals surface area contributed by atoms with Crippen molar-refractivity contribution >= 4 is 27.4 Å². The molecule has 0 bridgehead atoms. The smallest absolute Gasteiger partial charge is 0.335 e. The van der Waals surface area contributed by atoms with Crippen LogP contribution in [0.4, 0.5) is 5.69 Å². The highest BCUT2D eigenvalue weighted by molar-refractivity contribution is 7.90. The van der Waals surface area contributed by atoms with Crippen molar-refractivity contribution < 1.29 is 27.9 Å². The molecule has 9 heteroatoms. The fourth-order valence-electron chi connectivity index (χ4n) is 2.12. The van der Waals surface area contributed by atoms with Gasteiger partial charge in [-0.2, -0.15) is 0 Å².